The number of hydrogen-bond acceptors (Lipinski definition) is 3. The average molecular weight is 174 g/mol. The highest BCUT2D eigenvalue weighted by Crippen LogP contribution is 2.18. The van der Waals surface area contributed by atoms with Crippen molar-refractivity contribution in [2.75, 3.05) is 6.61 Å². The van der Waals surface area contributed by atoms with Crippen molar-refractivity contribution in [1.29, 1.82) is 0 Å². The minimum Gasteiger partial charge on any atom is -0.479 e. The van der Waals surface area contributed by atoms with Gasteiger partial charge in [-0.1, -0.05) is 13.8 Å². The highest BCUT2D eigenvalue weighted by molar-refractivity contribution is 5.72. The molecule has 4 nitrogen and oxygen atoms in total. The zero-order valence-corrected chi connectivity index (χ0v) is 7.32. The molecule has 0 aliphatic carbocycles. The van der Waals surface area contributed by atoms with Gasteiger partial charge in [0.05, 0.1) is 6.61 Å². The Morgan fingerprint density at radius 3 is 2.75 bits per heavy atom. The van der Waals surface area contributed by atoms with E-state index in [1.807, 2.05) is 13.8 Å². The molecule has 2 atom stereocenters. The van der Waals surface area contributed by atoms with Crippen molar-refractivity contribution < 1.29 is 19.4 Å². The highest BCUT2D eigenvalue weighted by Gasteiger charge is 2.29. The van der Waals surface area contributed by atoms with Crippen LogP contribution in [0.5, 0.6) is 0 Å². The fourth-order valence-corrected chi connectivity index (χ4v) is 1.09. The Labute approximate surface area is 71.5 Å². The molecule has 1 rings (SSSR count). The Hall–Kier alpha value is -0.610. The van der Waals surface area contributed by atoms with Crippen molar-refractivity contribution in [3.63, 3.8) is 0 Å². The maximum absolute atomic E-state index is 10.5. The van der Waals surface area contributed by atoms with Crippen LogP contribution in [0.15, 0.2) is 0 Å². The molecule has 1 heterocycles. The third-order valence-corrected chi connectivity index (χ3v) is 1.78. The molecule has 1 aliphatic heterocycles. The molecule has 70 valence electrons. The van der Waals surface area contributed by atoms with E-state index < -0.39 is 12.1 Å². The average Bonchev–Trinajstić information content (AvgIpc) is 2.04. The van der Waals surface area contributed by atoms with E-state index >= 15 is 0 Å². The summed E-state index contributed by atoms with van der Waals surface area (Å²) in [5.74, 6) is -0.698. The molecule has 0 amide bonds. The van der Waals surface area contributed by atoms with Crippen LogP contribution in [-0.4, -0.2) is 30.1 Å². The van der Waals surface area contributed by atoms with E-state index in [4.69, 9.17) is 14.6 Å². The minimum atomic E-state index is -0.899. The topological polar surface area (TPSA) is 55.8 Å². The Kier molecular flexibility index (Phi) is 3.05. The van der Waals surface area contributed by atoms with Gasteiger partial charge in [-0.25, -0.2) is 4.79 Å². The zero-order chi connectivity index (χ0) is 9.14. The van der Waals surface area contributed by atoms with Gasteiger partial charge in [0.25, 0.3) is 0 Å². The molecule has 0 aromatic rings. The van der Waals surface area contributed by atoms with Gasteiger partial charge < -0.3 is 14.6 Å². The van der Waals surface area contributed by atoms with Gasteiger partial charge in [0, 0.05) is 12.3 Å². The first kappa shape index (κ1) is 9.48. The molecule has 0 radical (unpaired) electrons. The van der Waals surface area contributed by atoms with Gasteiger partial charge in [0.1, 0.15) is 0 Å². The van der Waals surface area contributed by atoms with Crippen molar-refractivity contribution >= 4 is 5.97 Å². The molecular formula is C8H14O4. The highest BCUT2D eigenvalue weighted by atomic mass is 16.7. The molecule has 0 bridgehead atoms. The van der Waals surface area contributed by atoms with Gasteiger partial charge in [-0.05, 0) is 0 Å². The Bertz CT molecular complexity index is 166. The van der Waals surface area contributed by atoms with Gasteiger partial charge in [0.15, 0.2) is 12.4 Å². The molecule has 1 saturated heterocycles. The van der Waals surface area contributed by atoms with E-state index in [-0.39, 0.29) is 12.2 Å². The first-order chi connectivity index (χ1) is 5.61. The first-order valence-electron chi connectivity index (χ1n) is 4.11. The van der Waals surface area contributed by atoms with Crippen molar-refractivity contribution in [1.82, 2.24) is 0 Å². The second kappa shape index (κ2) is 3.87. The van der Waals surface area contributed by atoms with Gasteiger partial charge in [-0.15, -0.1) is 0 Å². The summed E-state index contributed by atoms with van der Waals surface area (Å²) >= 11 is 0. The lowest BCUT2D eigenvalue weighted by atomic mass is 10.2. The number of ether oxygens (including phenoxy) is 2. The van der Waals surface area contributed by atoms with Crippen LogP contribution in [-0.2, 0) is 14.3 Å². The van der Waals surface area contributed by atoms with Crippen molar-refractivity contribution in [3.05, 3.63) is 0 Å². The minimum absolute atomic E-state index is 0.201. The summed E-state index contributed by atoms with van der Waals surface area (Å²) in [7, 11) is 0. The molecule has 0 saturated carbocycles. The van der Waals surface area contributed by atoms with Crippen LogP contribution in [0, 0.1) is 5.92 Å². The maximum atomic E-state index is 10.5. The largest absolute Gasteiger partial charge is 0.479 e. The van der Waals surface area contributed by atoms with Crippen LogP contribution in [0.4, 0.5) is 0 Å². The van der Waals surface area contributed by atoms with E-state index in [0.29, 0.717) is 13.0 Å². The van der Waals surface area contributed by atoms with E-state index in [1.54, 1.807) is 0 Å². The third-order valence-electron chi connectivity index (χ3n) is 1.78. The SMILES string of the molecule is CC(C)C1OCCC(C(=O)O)O1. The summed E-state index contributed by atoms with van der Waals surface area (Å²) in [6, 6.07) is 0. The summed E-state index contributed by atoms with van der Waals surface area (Å²) < 4.78 is 10.4. The lowest BCUT2D eigenvalue weighted by Crippen LogP contribution is -2.39. The summed E-state index contributed by atoms with van der Waals surface area (Å²) in [6.07, 6.45) is -0.607. The number of carbonyl (C=O) groups is 1. The number of carboxylic acid groups (broad SMARTS) is 1. The van der Waals surface area contributed by atoms with E-state index in [1.165, 1.54) is 0 Å². The van der Waals surface area contributed by atoms with E-state index in [2.05, 4.69) is 0 Å². The maximum Gasteiger partial charge on any atom is 0.333 e. The van der Waals surface area contributed by atoms with Crippen molar-refractivity contribution in [2.24, 2.45) is 5.92 Å². The van der Waals surface area contributed by atoms with Crippen LogP contribution in [0.1, 0.15) is 20.3 Å². The zero-order valence-electron chi connectivity index (χ0n) is 7.32. The molecule has 0 spiro atoms. The summed E-state index contributed by atoms with van der Waals surface area (Å²) in [4.78, 5) is 10.5. The lowest BCUT2D eigenvalue weighted by molar-refractivity contribution is -0.234. The number of aliphatic carboxylic acids is 1. The number of carboxylic acids is 1. The predicted molar refractivity (Wildman–Crippen MR) is 41.7 cm³/mol. The van der Waals surface area contributed by atoms with Gasteiger partial charge >= 0.3 is 5.97 Å². The lowest BCUT2D eigenvalue weighted by Gasteiger charge is -2.30. The van der Waals surface area contributed by atoms with Gasteiger partial charge in [0.2, 0.25) is 0 Å². The molecule has 2 unspecified atom stereocenters. The monoisotopic (exact) mass is 174 g/mol. The third kappa shape index (κ3) is 2.19. The molecule has 0 aromatic heterocycles. The molecule has 12 heavy (non-hydrogen) atoms. The molecule has 1 N–H and O–H groups in total. The Morgan fingerprint density at radius 2 is 2.25 bits per heavy atom. The molecular weight excluding hydrogens is 160 g/mol. The Morgan fingerprint density at radius 1 is 1.58 bits per heavy atom. The second-order valence-electron chi connectivity index (χ2n) is 3.23. The first-order valence-corrected chi connectivity index (χ1v) is 4.11. The fourth-order valence-electron chi connectivity index (χ4n) is 1.09. The molecule has 0 aromatic carbocycles. The van der Waals surface area contributed by atoms with Gasteiger partial charge in [-0.3, -0.25) is 0 Å². The van der Waals surface area contributed by atoms with Crippen molar-refractivity contribution in [3.8, 4) is 0 Å². The van der Waals surface area contributed by atoms with Crippen molar-refractivity contribution in [2.45, 2.75) is 32.7 Å². The van der Waals surface area contributed by atoms with Crippen LogP contribution in [0.3, 0.4) is 0 Å². The standard InChI is InChI=1S/C8H14O4/c1-5(2)8-11-4-3-6(12-8)7(9)10/h5-6,8H,3-4H2,1-2H3,(H,9,10). The summed E-state index contributed by atoms with van der Waals surface area (Å²) in [5.41, 5.74) is 0. The number of rotatable bonds is 2. The molecule has 1 fully saturated rings. The van der Waals surface area contributed by atoms with Crippen LogP contribution < -0.4 is 0 Å². The summed E-state index contributed by atoms with van der Waals surface area (Å²) in [6.45, 7) is 4.35. The quantitative estimate of drug-likeness (QED) is 0.674. The van der Waals surface area contributed by atoms with Gasteiger partial charge in [-0.2, -0.15) is 0 Å². The molecule has 1 aliphatic rings. The van der Waals surface area contributed by atoms with Crippen LogP contribution in [0.2, 0.25) is 0 Å². The second-order valence-corrected chi connectivity index (χ2v) is 3.23. The normalized spacial score (nSPS) is 30.6. The fraction of sp³-hybridized carbons (Fsp3) is 0.875. The Balaban J connectivity index is 2.46. The predicted octanol–water partition coefficient (Wildman–Crippen LogP) is 0.859. The summed E-state index contributed by atoms with van der Waals surface area (Å²) in [5, 5.41) is 8.66. The van der Waals surface area contributed by atoms with Crippen LogP contribution >= 0.6 is 0 Å². The van der Waals surface area contributed by atoms with E-state index in [9.17, 15) is 4.79 Å². The number of hydrogen-bond donors (Lipinski definition) is 1. The van der Waals surface area contributed by atoms with E-state index in [0.717, 1.165) is 0 Å². The smallest absolute Gasteiger partial charge is 0.333 e. The molecule has 4 heteroatoms. The van der Waals surface area contributed by atoms with Crippen LogP contribution in [0.25, 0.3) is 0 Å².